The summed E-state index contributed by atoms with van der Waals surface area (Å²) < 4.78 is 12.0. The van der Waals surface area contributed by atoms with E-state index >= 15 is 0 Å². The van der Waals surface area contributed by atoms with Gasteiger partial charge in [0.15, 0.2) is 0 Å². The average molecular weight is 431 g/mol. The second-order valence-corrected chi connectivity index (χ2v) is 7.52. The number of nitrogens with one attached hydrogen (secondary N) is 2. The molecule has 1 heterocycles. The minimum atomic E-state index is -0.788. The second-order valence-electron chi connectivity index (χ2n) is 7.52. The van der Waals surface area contributed by atoms with Gasteiger partial charge in [-0.1, -0.05) is 30.3 Å². The first-order chi connectivity index (χ1) is 15.7. The molecule has 0 radical (unpaired) electrons. The molecular formula is C26H26N2O4. The highest BCUT2D eigenvalue weighted by molar-refractivity contribution is 5.84. The normalized spacial score (nSPS) is 10.9. The highest BCUT2D eigenvalue weighted by Gasteiger charge is 2.07. The number of rotatable bonds is 11. The maximum Gasteiger partial charge on any atom is 0.304 e. The van der Waals surface area contributed by atoms with E-state index in [2.05, 4.69) is 10.3 Å². The van der Waals surface area contributed by atoms with Gasteiger partial charge in [-0.15, -0.1) is 0 Å². The Morgan fingerprint density at radius 2 is 1.75 bits per heavy atom. The fourth-order valence-corrected chi connectivity index (χ4v) is 3.49. The quantitative estimate of drug-likeness (QED) is 0.287. The van der Waals surface area contributed by atoms with Crippen molar-refractivity contribution in [3.63, 3.8) is 0 Å². The molecule has 0 bridgehead atoms. The van der Waals surface area contributed by atoms with Crippen LogP contribution in [-0.4, -0.2) is 29.1 Å². The number of hydrogen-bond donors (Lipinski definition) is 3. The third kappa shape index (κ3) is 5.89. The topological polar surface area (TPSA) is 83.6 Å². The van der Waals surface area contributed by atoms with Crippen molar-refractivity contribution in [1.29, 1.82) is 0 Å². The molecule has 0 unspecified atom stereocenters. The van der Waals surface area contributed by atoms with Gasteiger partial charge < -0.3 is 24.9 Å². The van der Waals surface area contributed by atoms with E-state index in [9.17, 15) is 4.79 Å². The minimum Gasteiger partial charge on any atom is -0.489 e. The van der Waals surface area contributed by atoms with Crippen molar-refractivity contribution in [2.75, 3.05) is 13.1 Å². The van der Waals surface area contributed by atoms with Crippen LogP contribution in [0.3, 0.4) is 0 Å². The number of carbonyl (C=O) groups is 1. The highest BCUT2D eigenvalue weighted by atomic mass is 16.5. The Morgan fingerprint density at radius 1 is 0.906 bits per heavy atom. The molecule has 4 aromatic rings. The number of H-pyrrole nitrogens is 1. The predicted octanol–water partition coefficient (Wildman–Crippen LogP) is 5.15. The van der Waals surface area contributed by atoms with E-state index < -0.39 is 5.97 Å². The zero-order chi connectivity index (χ0) is 22.2. The molecule has 1 aromatic heterocycles. The van der Waals surface area contributed by atoms with Crippen LogP contribution in [0.4, 0.5) is 0 Å². The smallest absolute Gasteiger partial charge is 0.304 e. The lowest BCUT2D eigenvalue weighted by molar-refractivity contribution is -0.136. The number of benzene rings is 3. The van der Waals surface area contributed by atoms with Crippen molar-refractivity contribution in [2.45, 2.75) is 19.4 Å². The summed E-state index contributed by atoms with van der Waals surface area (Å²) in [4.78, 5) is 13.9. The number of carboxylic acids is 1. The Kier molecular flexibility index (Phi) is 7.05. The molecule has 3 N–H and O–H groups in total. The Labute approximate surface area is 186 Å². The molecule has 3 aromatic carbocycles. The number of ether oxygens (including phenoxy) is 2. The van der Waals surface area contributed by atoms with E-state index in [1.807, 2.05) is 79.0 Å². The van der Waals surface area contributed by atoms with Crippen LogP contribution in [0.15, 0.2) is 79.0 Å². The number of hydrogen-bond acceptors (Lipinski definition) is 4. The van der Waals surface area contributed by atoms with Crippen LogP contribution in [0.5, 0.6) is 17.2 Å². The van der Waals surface area contributed by atoms with E-state index in [-0.39, 0.29) is 6.42 Å². The van der Waals surface area contributed by atoms with Crippen LogP contribution in [-0.2, 0) is 17.8 Å². The van der Waals surface area contributed by atoms with Crippen molar-refractivity contribution >= 4 is 16.9 Å². The van der Waals surface area contributed by atoms with Crippen molar-refractivity contribution < 1.29 is 19.4 Å². The molecule has 164 valence electrons. The van der Waals surface area contributed by atoms with Crippen LogP contribution in [0.1, 0.15) is 17.5 Å². The van der Waals surface area contributed by atoms with Gasteiger partial charge in [-0.05, 0) is 66.6 Å². The number of aromatic nitrogens is 1. The molecule has 0 amide bonds. The molecule has 0 aliphatic rings. The standard InChI is InChI=1S/C26H26N2O4/c29-26(30)12-14-27-13-11-20-17-28-25-10-9-22(16-24(20)25)31-18-19-5-4-8-23(15-19)32-21-6-2-1-3-7-21/h1-10,15-17,27-28H,11-14,18H2,(H,29,30). The monoisotopic (exact) mass is 430 g/mol. The van der Waals surface area contributed by atoms with Crippen molar-refractivity contribution in [1.82, 2.24) is 10.3 Å². The molecule has 0 aliphatic carbocycles. The van der Waals surface area contributed by atoms with Crippen molar-refractivity contribution in [2.24, 2.45) is 0 Å². The first kappa shape index (κ1) is 21.5. The van der Waals surface area contributed by atoms with Crippen LogP contribution in [0.2, 0.25) is 0 Å². The molecule has 0 spiro atoms. The van der Waals surface area contributed by atoms with Gasteiger partial charge in [0.05, 0.1) is 6.42 Å². The summed E-state index contributed by atoms with van der Waals surface area (Å²) >= 11 is 0. The summed E-state index contributed by atoms with van der Waals surface area (Å²) in [5, 5.41) is 13.0. The Morgan fingerprint density at radius 3 is 2.59 bits per heavy atom. The zero-order valence-corrected chi connectivity index (χ0v) is 17.7. The van der Waals surface area contributed by atoms with Gasteiger partial charge in [0.1, 0.15) is 23.9 Å². The van der Waals surface area contributed by atoms with Crippen molar-refractivity contribution in [3.05, 3.63) is 90.1 Å². The van der Waals surface area contributed by atoms with E-state index in [1.54, 1.807) is 0 Å². The van der Waals surface area contributed by atoms with E-state index in [4.69, 9.17) is 14.6 Å². The Bertz CT molecular complexity index is 1170. The van der Waals surface area contributed by atoms with Gasteiger partial charge in [-0.3, -0.25) is 4.79 Å². The van der Waals surface area contributed by atoms with Gasteiger partial charge in [-0.2, -0.15) is 0 Å². The molecule has 0 atom stereocenters. The maximum absolute atomic E-state index is 10.6. The van der Waals surface area contributed by atoms with E-state index in [1.165, 1.54) is 5.56 Å². The molecule has 0 aliphatic heterocycles. The van der Waals surface area contributed by atoms with Crippen LogP contribution in [0, 0.1) is 0 Å². The molecule has 6 heteroatoms. The highest BCUT2D eigenvalue weighted by Crippen LogP contribution is 2.26. The summed E-state index contributed by atoms with van der Waals surface area (Å²) in [7, 11) is 0. The van der Waals surface area contributed by atoms with Gasteiger partial charge in [0.25, 0.3) is 0 Å². The molecule has 0 saturated heterocycles. The van der Waals surface area contributed by atoms with Crippen LogP contribution < -0.4 is 14.8 Å². The number of fused-ring (bicyclic) bond motifs is 1. The summed E-state index contributed by atoms with van der Waals surface area (Å²) in [6, 6.07) is 23.6. The molecule has 6 nitrogen and oxygen atoms in total. The molecule has 4 rings (SSSR count). The molecule has 32 heavy (non-hydrogen) atoms. The molecule has 0 fully saturated rings. The lowest BCUT2D eigenvalue weighted by Gasteiger charge is -2.10. The van der Waals surface area contributed by atoms with Crippen LogP contribution >= 0.6 is 0 Å². The number of aromatic amines is 1. The summed E-state index contributed by atoms with van der Waals surface area (Å²) in [6.45, 7) is 1.63. The van der Waals surface area contributed by atoms with Gasteiger partial charge in [0, 0.05) is 23.6 Å². The summed E-state index contributed by atoms with van der Waals surface area (Å²) in [5.41, 5.74) is 3.25. The average Bonchev–Trinajstić information content (AvgIpc) is 3.20. The third-order valence-electron chi connectivity index (χ3n) is 5.11. The summed E-state index contributed by atoms with van der Waals surface area (Å²) in [5.74, 6) is 1.58. The fourth-order valence-electron chi connectivity index (χ4n) is 3.49. The van der Waals surface area contributed by atoms with Gasteiger partial charge in [0.2, 0.25) is 0 Å². The van der Waals surface area contributed by atoms with Gasteiger partial charge >= 0.3 is 5.97 Å². The number of para-hydroxylation sites is 1. The van der Waals surface area contributed by atoms with Crippen molar-refractivity contribution in [3.8, 4) is 17.2 Å². The van der Waals surface area contributed by atoms with Crippen LogP contribution in [0.25, 0.3) is 10.9 Å². The number of aliphatic carboxylic acids is 1. The predicted molar refractivity (Wildman–Crippen MR) is 124 cm³/mol. The van der Waals surface area contributed by atoms with E-state index in [0.717, 1.165) is 46.7 Å². The first-order valence-electron chi connectivity index (χ1n) is 10.6. The van der Waals surface area contributed by atoms with Gasteiger partial charge in [-0.25, -0.2) is 0 Å². The molecular weight excluding hydrogens is 404 g/mol. The fraction of sp³-hybridized carbons (Fsp3) is 0.192. The lowest BCUT2D eigenvalue weighted by atomic mass is 10.1. The largest absolute Gasteiger partial charge is 0.489 e. The Balaban J connectivity index is 1.36. The SMILES string of the molecule is O=C(O)CCNCCc1c[nH]c2ccc(OCc3cccc(Oc4ccccc4)c3)cc12. The zero-order valence-electron chi connectivity index (χ0n) is 17.7. The third-order valence-corrected chi connectivity index (χ3v) is 5.11. The summed E-state index contributed by atoms with van der Waals surface area (Å²) in [6.07, 6.45) is 2.93. The first-order valence-corrected chi connectivity index (χ1v) is 10.6. The minimum absolute atomic E-state index is 0.128. The second kappa shape index (κ2) is 10.5. The van der Waals surface area contributed by atoms with E-state index in [0.29, 0.717) is 13.2 Å². The number of carboxylic acid groups (broad SMARTS) is 1. The lowest BCUT2D eigenvalue weighted by Crippen LogP contribution is -2.20. The molecule has 0 saturated carbocycles. The Hall–Kier alpha value is -3.77. The maximum atomic E-state index is 10.6.